The lowest BCUT2D eigenvalue weighted by molar-refractivity contribution is 0.274. The van der Waals surface area contributed by atoms with Gasteiger partial charge in [-0.2, -0.15) is 0 Å². The number of aryl methyl sites for hydroxylation is 1. The molecule has 0 fully saturated rings. The van der Waals surface area contributed by atoms with Crippen LogP contribution in [0.25, 0.3) is 0 Å². The Bertz CT molecular complexity index is 567. The predicted molar refractivity (Wildman–Crippen MR) is 81.5 cm³/mol. The van der Waals surface area contributed by atoms with Gasteiger partial charge in [-0.05, 0) is 35.7 Å². The van der Waals surface area contributed by atoms with E-state index in [-0.39, 0.29) is 6.61 Å². The molecule has 0 amide bonds. The number of methoxy groups -OCH3 is 1. The van der Waals surface area contributed by atoms with Crippen LogP contribution in [-0.2, 0) is 19.6 Å². The van der Waals surface area contributed by atoms with E-state index in [0.717, 1.165) is 35.4 Å². The van der Waals surface area contributed by atoms with Gasteiger partial charge < -0.3 is 14.6 Å². The molecule has 0 unspecified atom stereocenters. The SMILES string of the molecule is CCCc1cc(CO)cc(OCc2ccc(OC)cc2)n1. The molecule has 0 aliphatic carbocycles. The van der Waals surface area contributed by atoms with Crippen molar-refractivity contribution in [3.8, 4) is 11.6 Å². The summed E-state index contributed by atoms with van der Waals surface area (Å²) in [6.07, 6.45) is 1.90. The van der Waals surface area contributed by atoms with E-state index in [9.17, 15) is 5.11 Å². The highest BCUT2D eigenvalue weighted by Crippen LogP contribution is 2.17. The number of hydrogen-bond acceptors (Lipinski definition) is 4. The summed E-state index contributed by atoms with van der Waals surface area (Å²) in [4.78, 5) is 4.46. The topological polar surface area (TPSA) is 51.6 Å². The lowest BCUT2D eigenvalue weighted by Gasteiger charge is -2.09. The summed E-state index contributed by atoms with van der Waals surface area (Å²) in [6.45, 7) is 2.54. The van der Waals surface area contributed by atoms with Gasteiger partial charge in [0.15, 0.2) is 0 Å². The minimum absolute atomic E-state index is 0.00186. The van der Waals surface area contributed by atoms with E-state index in [1.807, 2.05) is 30.3 Å². The maximum Gasteiger partial charge on any atom is 0.214 e. The van der Waals surface area contributed by atoms with Crippen LogP contribution in [0, 0.1) is 0 Å². The number of nitrogens with zero attached hydrogens (tertiary/aromatic N) is 1. The maximum absolute atomic E-state index is 9.30. The van der Waals surface area contributed by atoms with E-state index in [2.05, 4.69) is 11.9 Å². The quantitative estimate of drug-likeness (QED) is 0.850. The third-order valence-corrected chi connectivity index (χ3v) is 3.15. The van der Waals surface area contributed by atoms with Crippen LogP contribution in [-0.4, -0.2) is 17.2 Å². The number of aliphatic hydroxyl groups excluding tert-OH is 1. The normalized spacial score (nSPS) is 10.4. The minimum Gasteiger partial charge on any atom is -0.497 e. The van der Waals surface area contributed by atoms with Crippen LogP contribution >= 0.6 is 0 Å². The molecule has 1 aromatic heterocycles. The van der Waals surface area contributed by atoms with E-state index in [1.54, 1.807) is 13.2 Å². The van der Waals surface area contributed by atoms with Gasteiger partial charge in [0.25, 0.3) is 0 Å². The summed E-state index contributed by atoms with van der Waals surface area (Å²) in [5.41, 5.74) is 2.83. The number of pyridine rings is 1. The summed E-state index contributed by atoms with van der Waals surface area (Å²) in [5.74, 6) is 1.38. The van der Waals surface area contributed by atoms with Crippen LogP contribution in [0.4, 0.5) is 0 Å². The van der Waals surface area contributed by atoms with E-state index in [4.69, 9.17) is 9.47 Å². The molecule has 112 valence electrons. The van der Waals surface area contributed by atoms with Crippen molar-refractivity contribution < 1.29 is 14.6 Å². The maximum atomic E-state index is 9.30. The zero-order valence-corrected chi connectivity index (χ0v) is 12.5. The number of rotatable bonds is 7. The third-order valence-electron chi connectivity index (χ3n) is 3.15. The molecule has 0 saturated carbocycles. The largest absolute Gasteiger partial charge is 0.497 e. The van der Waals surface area contributed by atoms with Crippen LogP contribution in [0.1, 0.15) is 30.2 Å². The van der Waals surface area contributed by atoms with Crippen LogP contribution in [0.5, 0.6) is 11.6 Å². The summed E-state index contributed by atoms with van der Waals surface area (Å²) in [6, 6.07) is 11.4. The monoisotopic (exact) mass is 287 g/mol. The highest BCUT2D eigenvalue weighted by Gasteiger charge is 2.04. The molecule has 1 aromatic carbocycles. The molecule has 0 saturated heterocycles. The average molecular weight is 287 g/mol. The third kappa shape index (κ3) is 4.46. The highest BCUT2D eigenvalue weighted by molar-refractivity contribution is 5.28. The Kier molecular flexibility index (Phi) is 5.58. The van der Waals surface area contributed by atoms with Crippen molar-refractivity contribution in [2.24, 2.45) is 0 Å². The Labute approximate surface area is 125 Å². The van der Waals surface area contributed by atoms with Gasteiger partial charge in [0, 0.05) is 11.8 Å². The zero-order valence-electron chi connectivity index (χ0n) is 12.5. The summed E-state index contributed by atoms with van der Waals surface area (Å²) in [7, 11) is 1.64. The molecule has 2 aromatic rings. The van der Waals surface area contributed by atoms with Crippen LogP contribution < -0.4 is 9.47 Å². The van der Waals surface area contributed by atoms with Crippen LogP contribution in [0.2, 0.25) is 0 Å². The number of aliphatic hydroxyl groups is 1. The van der Waals surface area contributed by atoms with Crippen molar-refractivity contribution in [3.05, 3.63) is 53.2 Å². The molecule has 21 heavy (non-hydrogen) atoms. The number of hydrogen-bond donors (Lipinski definition) is 1. The van der Waals surface area contributed by atoms with Crippen molar-refractivity contribution in [2.75, 3.05) is 7.11 Å². The van der Waals surface area contributed by atoms with Gasteiger partial charge in [-0.15, -0.1) is 0 Å². The Morgan fingerprint density at radius 3 is 2.48 bits per heavy atom. The molecule has 0 aliphatic heterocycles. The molecule has 2 rings (SSSR count). The summed E-state index contributed by atoms with van der Waals surface area (Å²) < 4.78 is 10.9. The fraction of sp³-hybridized carbons (Fsp3) is 0.353. The molecule has 0 bridgehead atoms. The molecular formula is C17H21NO3. The molecule has 4 heteroatoms. The average Bonchev–Trinajstić information content (AvgIpc) is 2.53. The first kappa shape index (κ1) is 15.3. The van der Waals surface area contributed by atoms with Crippen molar-refractivity contribution in [1.82, 2.24) is 4.98 Å². The second kappa shape index (κ2) is 7.64. The molecule has 1 N–H and O–H groups in total. The van der Waals surface area contributed by atoms with Gasteiger partial charge in [-0.25, -0.2) is 4.98 Å². The second-order valence-electron chi connectivity index (χ2n) is 4.85. The van der Waals surface area contributed by atoms with E-state index in [1.165, 1.54) is 0 Å². The van der Waals surface area contributed by atoms with Gasteiger partial charge >= 0.3 is 0 Å². The minimum atomic E-state index is -0.00186. The first-order valence-corrected chi connectivity index (χ1v) is 7.11. The zero-order chi connectivity index (χ0) is 15.1. The molecule has 4 nitrogen and oxygen atoms in total. The molecule has 0 radical (unpaired) electrons. The van der Waals surface area contributed by atoms with Gasteiger partial charge in [-0.1, -0.05) is 25.5 Å². The molecule has 0 spiro atoms. The van der Waals surface area contributed by atoms with Crippen LogP contribution in [0.15, 0.2) is 36.4 Å². The van der Waals surface area contributed by atoms with E-state index < -0.39 is 0 Å². The number of benzene rings is 1. The Balaban J connectivity index is 2.05. The lowest BCUT2D eigenvalue weighted by atomic mass is 10.2. The predicted octanol–water partition coefficient (Wildman–Crippen LogP) is 3.11. The number of aromatic nitrogens is 1. The highest BCUT2D eigenvalue weighted by atomic mass is 16.5. The molecule has 0 aliphatic rings. The Morgan fingerprint density at radius 2 is 1.86 bits per heavy atom. The molecular weight excluding hydrogens is 266 g/mol. The Morgan fingerprint density at radius 1 is 1.10 bits per heavy atom. The summed E-state index contributed by atoms with van der Waals surface area (Å²) >= 11 is 0. The molecule has 0 atom stereocenters. The van der Waals surface area contributed by atoms with Gasteiger partial charge in [-0.3, -0.25) is 0 Å². The second-order valence-corrected chi connectivity index (χ2v) is 4.85. The standard InChI is InChI=1S/C17H21NO3/c1-3-4-15-9-14(11-19)10-17(18-15)21-12-13-5-7-16(20-2)8-6-13/h5-10,19H,3-4,11-12H2,1-2H3. The van der Waals surface area contributed by atoms with E-state index in [0.29, 0.717) is 12.5 Å². The molecule has 1 heterocycles. The summed E-state index contributed by atoms with van der Waals surface area (Å²) in [5, 5.41) is 9.30. The van der Waals surface area contributed by atoms with Gasteiger partial charge in [0.2, 0.25) is 5.88 Å². The van der Waals surface area contributed by atoms with Gasteiger partial charge in [0.05, 0.1) is 13.7 Å². The van der Waals surface area contributed by atoms with Crippen molar-refractivity contribution >= 4 is 0 Å². The fourth-order valence-corrected chi connectivity index (χ4v) is 2.05. The van der Waals surface area contributed by atoms with Gasteiger partial charge in [0.1, 0.15) is 12.4 Å². The fourth-order valence-electron chi connectivity index (χ4n) is 2.05. The van der Waals surface area contributed by atoms with E-state index >= 15 is 0 Å². The van der Waals surface area contributed by atoms with Crippen LogP contribution in [0.3, 0.4) is 0 Å². The first-order valence-electron chi connectivity index (χ1n) is 7.11. The smallest absolute Gasteiger partial charge is 0.214 e. The first-order chi connectivity index (χ1) is 10.2. The lowest BCUT2D eigenvalue weighted by Crippen LogP contribution is -2.01. The van der Waals surface area contributed by atoms with Crippen molar-refractivity contribution in [3.63, 3.8) is 0 Å². The number of ether oxygens (including phenoxy) is 2. The Hall–Kier alpha value is -2.07. The van der Waals surface area contributed by atoms with Crippen molar-refractivity contribution in [1.29, 1.82) is 0 Å². The van der Waals surface area contributed by atoms with Crippen molar-refractivity contribution in [2.45, 2.75) is 33.0 Å².